The Morgan fingerprint density at radius 1 is 1.40 bits per heavy atom. The summed E-state index contributed by atoms with van der Waals surface area (Å²) in [5.74, 6) is 0. The maximum Gasteiger partial charge on any atom is 0.155 e. The van der Waals surface area contributed by atoms with Gasteiger partial charge in [-0.15, -0.1) is 0 Å². The van der Waals surface area contributed by atoms with Crippen molar-refractivity contribution < 1.29 is 0 Å². The quantitative estimate of drug-likeness (QED) is 0.899. The fourth-order valence-electron chi connectivity index (χ4n) is 2.93. The van der Waals surface area contributed by atoms with Crippen LogP contribution < -0.4 is 5.32 Å². The highest BCUT2D eigenvalue weighted by molar-refractivity contribution is 5.38. The average Bonchev–Trinajstić information content (AvgIpc) is 2.71. The summed E-state index contributed by atoms with van der Waals surface area (Å²) in [7, 11) is 4.36. The molecule has 3 rings (SSSR count). The third-order valence-corrected chi connectivity index (χ3v) is 4.51. The highest BCUT2D eigenvalue weighted by Crippen LogP contribution is 2.35. The Hall–Kier alpha value is -1.46. The number of likely N-dealkylation sites (N-methyl/N-ethyl adjacent to an activating group) is 1. The normalized spacial score (nSPS) is 17.6. The Bertz CT molecular complexity index is 597. The van der Waals surface area contributed by atoms with Crippen LogP contribution in [-0.4, -0.2) is 45.7 Å². The molecule has 0 radical (unpaired) electrons. The minimum Gasteiger partial charge on any atom is -0.311 e. The lowest BCUT2D eigenvalue weighted by Gasteiger charge is -2.47. The zero-order chi connectivity index (χ0) is 14.2. The summed E-state index contributed by atoms with van der Waals surface area (Å²) in [5.41, 5.74) is 3.45. The lowest BCUT2D eigenvalue weighted by Crippen LogP contribution is -2.56. The van der Waals surface area contributed by atoms with E-state index in [2.05, 4.69) is 40.6 Å². The molecule has 2 aromatic rings. The summed E-state index contributed by atoms with van der Waals surface area (Å²) in [6.45, 7) is 3.87. The molecule has 20 heavy (non-hydrogen) atoms. The van der Waals surface area contributed by atoms with Gasteiger partial charge in [0.1, 0.15) is 0 Å². The molecule has 0 bridgehead atoms. The Morgan fingerprint density at radius 2 is 2.20 bits per heavy atom. The third kappa shape index (κ3) is 2.43. The van der Waals surface area contributed by atoms with Crippen molar-refractivity contribution in [3.8, 4) is 0 Å². The van der Waals surface area contributed by atoms with Gasteiger partial charge >= 0.3 is 0 Å². The molecule has 5 nitrogen and oxygen atoms in total. The monoisotopic (exact) mass is 273 g/mol. The molecule has 0 amide bonds. The van der Waals surface area contributed by atoms with Crippen molar-refractivity contribution in [3.05, 3.63) is 29.7 Å². The molecule has 0 unspecified atom stereocenters. The van der Waals surface area contributed by atoms with Crippen LogP contribution >= 0.6 is 0 Å². The first-order valence-electron chi connectivity index (χ1n) is 7.28. The number of rotatable bonds is 5. The van der Waals surface area contributed by atoms with E-state index in [9.17, 15) is 0 Å². The molecular weight excluding hydrogens is 250 g/mol. The Labute approximate surface area is 120 Å². The lowest BCUT2D eigenvalue weighted by atomic mass is 9.75. The third-order valence-electron chi connectivity index (χ3n) is 4.51. The summed E-state index contributed by atoms with van der Waals surface area (Å²) in [6, 6.07) is 1.99. The van der Waals surface area contributed by atoms with Crippen LogP contribution in [0.15, 0.2) is 18.5 Å². The first-order chi connectivity index (χ1) is 9.59. The maximum atomic E-state index is 4.44. The first-order valence-corrected chi connectivity index (χ1v) is 7.28. The molecule has 0 atom stereocenters. The fraction of sp³-hybridized carbons (Fsp3) is 0.600. The van der Waals surface area contributed by atoms with E-state index < -0.39 is 0 Å². The van der Waals surface area contributed by atoms with Crippen molar-refractivity contribution in [1.82, 2.24) is 24.8 Å². The SMILES string of the molecule is Cc1cc2ncc(CNCC3(N(C)C)CCC3)cn2n1. The average molecular weight is 273 g/mol. The summed E-state index contributed by atoms with van der Waals surface area (Å²) < 4.78 is 1.86. The van der Waals surface area contributed by atoms with Gasteiger partial charge < -0.3 is 10.2 Å². The summed E-state index contributed by atoms with van der Waals surface area (Å²) >= 11 is 0. The van der Waals surface area contributed by atoms with Gasteiger partial charge in [0.2, 0.25) is 0 Å². The van der Waals surface area contributed by atoms with E-state index in [1.54, 1.807) is 0 Å². The fourth-order valence-corrected chi connectivity index (χ4v) is 2.93. The van der Waals surface area contributed by atoms with E-state index in [-0.39, 0.29) is 0 Å². The number of aryl methyl sites for hydroxylation is 1. The van der Waals surface area contributed by atoms with E-state index in [1.165, 1.54) is 24.8 Å². The topological polar surface area (TPSA) is 45.5 Å². The molecule has 0 aliphatic heterocycles. The second kappa shape index (κ2) is 5.14. The van der Waals surface area contributed by atoms with E-state index in [1.807, 2.05) is 23.7 Å². The van der Waals surface area contributed by atoms with Crippen LogP contribution in [0.4, 0.5) is 0 Å². The van der Waals surface area contributed by atoms with Gasteiger partial charge in [0.15, 0.2) is 5.65 Å². The number of nitrogens with one attached hydrogen (secondary N) is 1. The van der Waals surface area contributed by atoms with E-state index >= 15 is 0 Å². The molecule has 5 heteroatoms. The smallest absolute Gasteiger partial charge is 0.155 e. The van der Waals surface area contributed by atoms with Crippen LogP contribution in [0.25, 0.3) is 5.65 Å². The van der Waals surface area contributed by atoms with Gasteiger partial charge in [0, 0.05) is 42.7 Å². The molecular formula is C15H23N5. The molecule has 1 N–H and O–H groups in total. The molecule has 1 aliphatic rings. The lowest BCUT2D eigenvalue weighted by molar-refractivity contribution is 0.0598. The Morgan fingerprint density at radius 3 is 2.85 bits per heavy atom. The second-order valence-electron chi connectivity index (χ2n) is 6.13. The summed E-state index contributed by atoms with van der Waals surface area (Å²) in [5, 5.41) is 7.98. The van der Waals surface area contributed by atoms with Gasteiger partial charge in [0.05, 0.1) is 5.69 Å². The van der Waals surface area contributed by atoms with Gasteiger partial charge in [-0.2, -0.15) is 5.10 Å². The number of hydrogen-bond donors (Lipinski definition) is 1. The number of hydrogen-bond acceptors (Lipinski definition) is 4. The van der Waals surface area contributed by atoms with Crippen LogP contribution in [0.1, 0.15) is 30.5 Å². The summed E-state index contributed by atoms with van der Waals surface area (Å²) in [6.07, 6.45) is 7.93. The zero-order valence-electron chi connectivity index (χ0n) is 12.6. The molecule has 1 saturated carbocycles. The molecule has 1 fully saturated rings. The molecule has 1 aliphatic carbocycles. The molecule has 2 heterocycles. The van der Waals surface area contributed by atoms with Crippen LogP contribution in [0.3, 0.4) is 0 Å². The van der Waals surface area contributed by atoms with E-state index in [0.717, 1.165) is 24.4 Å². The second-order valence-corrected chi connectivity index (χ2v) is 6.13. The Kier molecular flexibility index (Phi) is 3.48. The van der Waals surface area contributed by atoms with E-state index in [0.29, 0.717) is 5.54 Å². The van der Waals surface area contributed by atoms with Crippen molar-refractivity contribution >= 4 is 5.65 Å². The Balaban J connectivity index is 1.62. The minimum atomic E-state index is 0.361. The van der Waals surface area contributed by atoms with Crippen LogP contribution in [0.2, 0.25) is 0 Å². The highest BCUT2D eigenvalue weighted by Gasteiger charge is 2.38. The van der Waals surface area contributed by atoms with Crippen LogP contribution in [-0.2, 0) is 6.54 Å². The number of aromatic nitrogens is 3. The van der Waals surface area contributed by atoms with Gasteiger partial charge in [0.25, 0.3) is 0 Å². The molecule has 108 valence electrons. The van der Waals surface area contributed by atoms with Crippen LogP contribution in [0.5, 0.6) is 0 Å². The van der Waals surface area contributed by atoms with Gasteiger partial charge in [-0.05, 0) is 40.3 Å². The van der Waals surface area contributed by atoms with Gasteiger partial charge in [-0.1, -0.05) is 0 Å². The number of fused-ring (bicyclic) bond motifs is 1. The summed E-state index contributed by atoms with van der Waals surface area (Å²) in [4.78, 5) is 6.80. The van der Waals surface area contributed by atoms with Gasteiger partial charge in [-0.25, -0.2) is 9.50 Å². The van der Waals surface area contributed by atoms with Crippen molar-refractivity contribution in [3.63, 3.8) is 0 Å². The van der Waals surface area contributed by atoms with Crippen LogP contribution in [0, 0.1) is 6.92 Å². The first kappa shape index (κ1) is 13.5. The molecule has 0 saturated heterocycles. The number of nitrogens with zero attached hydrogens (tertiary/aromatic N) is 4. The predicted octanol–water partition coefficient (Wildman–Crippen LogP) is 1.61. The molecule has 0 spiro atoms. The highest BCUT2D eigenvalue weighted by atomic mass is 15.2. The van der Waals surface area contributed by atoms with Crippen molar-refractivity contribution in [2.45, 2.75) is 38.3 Å². The largest absolute Gasteiger partial charge is 0.311 e. The van der Waals surface area contributed by atoms with Crippen molar-refractivity contribution in [2.75, 3.05) is 20.6 Å². The zero-order valence-corrected chi connectivity index (χ0v) is 12.6. The van der Waals surface area contributed by atoms with Crippen molar-refractivity contribution in [1.29, 1.82) is 0 Å². The van der Waals surface area contributed by atoms with Gasteiger partial charge in [-0.3, -0.25) is 0 Å². The molecule has 0 aromatic carbocycles. The van der Waals surface area contributed by atoms with Crippen molar-refractivity contribution in [2.24, 2.45) is 0 Å². The standard InChI is InChI=1S/C15H23N5/c1-12-7-14-17-9-13(10-20(14)18-12)8-16-11-15(19(2)3)5-4-6-15/h7,9-10,16H,4-6,8,11H2,1-3H3. The predicted molar refractivity (Wildman–Crippen MR) is 79.7 cm³/mol. The van der Waals surface area contributed by atoms with E-state index in [4.69, 9.17) is 0 Å². The molecule has 2 aromatic heterocycles. The minimum absolute atomic E-state index is 0.361. The maximum absolute atomic E-state index is 4.44.